The third kappa shape index (κ3) is 6.71. The highest BCUT2D eigenvalue weighted by Gasteiger charge is 2.27. The van der Waals surface area contributed by atoms with Gasteiger partial charge in [-0.15, -0.1) is 0 Å². The topological polar surface area (TPSA) is 75.7 Å². The Morgan fingerprint density at radius 2 is 1.57 bits per heavy atom. The second-order valence-corrected chi connectivity index (χ2v) is 10.7. The molecule has 1 atom stereocenters. The van der Waals surface area contributed by atoms with Gasteiger partial charge < -0.3 is 10.1 Å². The monoisotopic (exact) mass is 494 g/mol. The smallest absolute Gasteiger partial charge is 0.243 e. The van der Waals surface area contributed by atoms with Gasteiger partial charge in [-0.05, 0) is 86.7 Å². The van der Waals surface area contributed by atoms with Crippen molar-refractivity contribution in [3.05, 3.63) is 94.5 Å². The Bertz CT molecular complexity index is 1260. The number of nitrogens with zero attached hydrogens (tertiary/aromatic N) is 1. The number of rotatable bonds is 10. The SMILES string of the molecule is CCOc1ccc(S(=O)(=O)N(CC(=O)N[C@H](C)c2cc(C)c(C)cc2C)Cc2ccccc2)cc1. The minimum atomic E-state index is -3.93. The Morgan fingerprint density at radius 3 is 2.20 bits per heavy atom. The molecule has 1 N–H and O–H groups in total. The summed E-state index contributed by atoms with van der Waals surface area (Å²) in [4.78, 5) is 13.2. The molecule has 3 aromatic rings. The summed E-state index contributed by atoms with van der Waals surface area (Å²) >= 11 is 0. The molecule has 1 amide bonds. The van der Waals surface area contributed by atoms with E-state index < -0.39 is 10.0 Å². The lowest BCUT2D eigenvalue weighted by atomic mass is 9.96. The molecule has 3 rings (SSSR count). The molecule has 0 aliphatic rings. The Kier molecular flexibility index (Phi) is 8.70. The molecule has 0 bridgehead atoms. The molecular weight excluding hydrogens is 460 g/mol. The number of benzene rings is 3. The molecule has 3 aromatic carbocycles. The van der Waals surface area contributed by atoms with Crippen LogP contribution in [-0.4, -0.2) is 31.8 Å². The minimum absolute atomic E-state index is 0.0842. The Labute approximate surface area is 209 Å². The van der Waals surface area contributed by atoms with Gasteiger partial charge in [0.1, 0.15) is 5.75 Å². The molecular formula is C28H34N2O4S. The normalized spacial score (nSPS) is 12.4. The average molecular weight is 495 g/mol. The summed E-state index contributed by atoms with van der Waals surface area (Å²) in [6.07, 6.45) is 0. The third-order valence-electron chi connectivity index (χ3n) is 6.02. The highest BCUT2D eigenvalue weighted by molar-refractivity contribution is 7.89. The molecule has 7 heteroatoms. The first-order chi connectivity index (χ1) is 16.6. The molecule has 0 fully saturated rings. The van der Waals surface area contributed by atoms with Gasteiger partial charge in [0.05, 0.1) is 24.1 Å². The Hall–Kier alpha value is -3.16. The summed E-state index contributed by atoms with van der Waals surface area (Å²) < 4.78 is 33.7. The fourth-order valence-electron chi connectivity index (χ4n) is 4.01. The van der Waals surface area contributed by atoms with Crippen molar-refractivity contribution in [2.45, 2.75) is 52.1 Å². The predicted molar refractivity (Wildman–Crippen MR) is 139 cm³/mol. The van der Waals surface area contributed by atoms with E-state index in [4.69, 9.17) is 4.74 Å². The van der Waals surface area contributed by atoms with Crippen LogP contribution in [0.4, 0.5) is 0 Å². The van der Waals surface area contributed by atoms with Crippen LogP contribution in [0.1, 0.15) is 47.7 Å². The van der Waals surface area contributed by atoms with Crippen LogP contribution in [0.2, 0.25) is 0 Å². The minimum Gasteiger partial charge on any atom is -0.494 e. The largest absolute Gasteiger partial charge is 0.494 e. The van der Waals surface area contributed by atoms with Crippen LogP contribution in [0.25, 0.3) is 0 Å². The highest BCUT2D eigenvalue weighted by atomic mass is 32.2. The van der Waals surface area contributed by atoms with E-state index in [1.54, 1.807) is 12.1 Å². The van der Waals surface area contributed by atoms with Crippen molar-refractivity contribution in [3.63, 3.8) is 0 Å². The van der Waals surface area contributed by atoms with Crippen LogP contribution >= 0.6 is 0 Å². The maximum Gasteiger partial charge on any atom is 0.243 e. The number of carbonyl (C=O) groups is 1. The summed E-state index contributed by atoms with van der Waals surface area (Å²) in [6.45, 7) is 10.2. The molecule has 0 radical (unpaired) electrons. The number of aryl methyl sites for hydroxylation is 3. The molecule has 186 valence electrons. The number of ether oxygens (including phenoxy) is 1. The summed E-state index contributed by atoms with van der Waals surface area (Å²) in [7, 11) is -3.93. The van der Waals surface area contributed by atoms with Crippen LogP contribution in [0, 0.1) is 20.8 Å². The quantitative estimate of drug-likeness (QED) is 0.427. The van der Waals surface area contributed by atoms with Gasteiger partial charge in [0.25, 0.3) is 0 Å². The standard InChI is InChI=1S/C28H34N2O4S/c1-6-34-25-12-14-26(15-13-25)35(32,33)30(18-24-10-8-7-9-11-24)19-28(31)29-23(5)27-17-21(3)20(2)16-22(27)4/h7-17,23H,6,18-19H2,1-5H3,(H,29,31)/t23-/m1/s1. The van der Waals surface area contributed by atoms with Crippen LogP contribution in [0.3, 0.4) is 0 Å². The lowest BCUT2D eigenvalue weighted by Gasteiger charge is -2.24. The van der Waals surface area contributed by atoms with Crippen LogP contribution in [0.5, 0.6) is 5.75 Å². The molecule has 0 unspecified atom stereocenters. The van der Waals surface area contributed by atoms with Crippen LogP contribution < -0.4 is 10.1 Å². The van der Waals surface area contributed by atoms with E-state index in [9.17, 15) is 13.2 Å². The molecule has 0 heterocycles. The zero-order valence-electron chi connectivity index (χ0n) is 21.0. The summed E-state index contributed by atoms with van der Waals surface area (Å²) in [5.41, 5.74) is 5.25. The van der Waals surface area contributed by atoms with E-state index in [0.717, 1.165) is 22.3 Å². The van der Waals surface area contributed by atoms with E-state index in [-0.39, 0.29) is 29.9 Å². The fourth-order valence-corrected chi connectivity index (χ4v) is 5.40. The predicted octanol–water partition coefficient (Wildman–Crippen LogP) is 5.08. The van der Waals surface area contributed by atoms with E-state index >= 15 is 0 Å². The van der Waals surface area contributed by atoms with E-state index in [2.05, 4.69) is 24.4 Å². The molecule has 0 aliphatic heterocycles. The maximum absolute atomic E-state index is 13.5. The summed E-state index contributed by atoms with van der Waals surface area (Å²) in [5.74, 6) is 0.233. The number of hydrogen-bond donors (Lipinski definition) is 1. The molecule has 0 aliphatic carbocycles. The van der Waals surface area contributed by atoms with Crippen molar-refractivity contribution in [2.75, 3.05) is 13.2 Å². The van der Waals surface area contributed by atoms with Crippen molar-refractivity contribution in [1.29, 1.82) is 0 Å². The van der Waals surface area contributed by atoms with Gasteiger partial charge in [-0.1, -0.05) is 42.5 Å². The second kappa shape index (κ2) is 11.5. The van der Waals surface area contributed by atoms with Gasteiger partial charge in [-0.2, -0.15) is 4.31 Å². The first-order valence-corrected chi connectivity index (χ1v) is 13.2. The molecule has 0 saturated heterocycles. The van der Waals surface area contributed by atoms with Gasteiger partial charge >= 0.3 is 0 Å². The van der Waals surface area contributed by atoms with Crippen molar-refractivity contribution in [2.24, 2.45) is 0 Å². The highest BCUT2D eigenvalue weighted by Crippen LogP contribution is 2.23. The summed E-state index contributed by atoms with van der Waals surface area (Å²) in [5, 5.41) is 2.98. The van der Waals surface area contributed by atoms with Gasteiger partial charge in [0, 0.05) is 6.54 Å². The van der Waals surface area contributed by atoms with Crippen LogP contribution in [0.15, 0.2) is 71.6 Å². The van der Waals surface area contributed by atoms with Crippen molar-refractivity contribution in [1.82, 2.24) is 9.62 Å². The number of carbonyl (C=O) groups excluding carboxylic acids is 1. The Balaban J connectivity index is 1.84. The van der Waals surface area contributed by atoms with Gasteiger partial charge in [-0.25, -0.2) is 8.42 Å². The van der Waals surface area contributed by atoms with E-state index in [0.29, 0.717) is 12.4 Å². The third-order valence-corrected chi connectivity index (χ3v) is 7.83. The number of nitrogens with one attached hydrogen (secondary N) is 1. The first-order valence-electron chi connectivity index (χ1n) is 11.8. The van der Waals surface area contributed by atoms with Crippen molar-refractivity contribution < 1.29 is 17.9 Å². The summed E-state index contributed by atoms with van der Waals surface area (Å²) in [6, 6.07) is 19.5. The maximum atomic E-state index is 13.5. The zero-order chi connectivity index (χ0) is 25.6. The molecule has 0 aromatic heterocycles. The number of amides is 1. The average Bonchev–Trinajstić information content (AvgIpc) is 2.82. The lowest BCUT2D eigenvalue weighted by Crippen LogP contribution is -2.41. The number of hydrogen-bond acceptors (Lipinski definition) is 4. The van der Waals surface area contributed by atoms with E-state index in [1.165, 1.54) is 22.0 Å². The number of sulfonamides is 1. The lowest BCUT2D eigenvalue weighted by molar-refractivity contribution is -0.122. The molecule has 0 saturated carbocycles. The van der Waals surface area contributed by atoms with Crippen molar-refractivity contribution >= 4 is 15.9 Å². The van der Waals surface area contributed by atoms with Crippen LogP contribution in [-0.2, 0) is 21.4 Å². The Morgan fingerprint density at radius 1 is 0.943 bits per heavy atom. The van der Waals surface area contributed by atoms with Gasteiger partial charge in [0.2, 0.25) is 15.9 Å². The zero-order valence-corrected chi connectivity index (χ0v) is 21.9. The second-order valence-electron chi connectivity index (χ2n) is 8.75. The molecule has 6 nitrogen and oxygen atoms in total. The van der Waals surface area contributed by atoms with Gasteiger partial charge in [0.15, 0.2) is 0 Å². The van der Waals surface area contributed by atoms with Gasteiger partial charge in [-0.3, -0.25) is 4.79 Å². The van der Waals surface area contributed by atoms with E-state index in [1.807, 2.05) is 58.0 Å². The fraction of sp³-hybridized carbons (Fsp3) is 0.321. The molecule has 35 heavy (non-hydrogen) atoms. The first kappa shape index (κ1) is 26.4. The molecule has 0 spiro atoms. The van der Waals surface area contributed by atoms with Crippen molar-refractivity contribution in [3.8, 4) is 5.75 Å².